The molecule has 36 heavy (non-hydrogen) atoms. The van der Waals surface area contributed by atoms with Gasteiger partial charge in [0.2, 0.25) is 0 Å². The average Bonchev–Trinajstić information content (AvgIpc) is 2.84. The number of aromatic nitrogens is 2. The highest BCUT2D eigenvalue weighted by Gasteiger charge is 2.23. The molecule has 0 aliphatic heterocycles. The second-order valence-corrected chi connectivity index (χ2v) is 9.88. The van der Waals surface area contributed by atoms with Crippen LogP contribution in [0.2, 0.25) is 0 Å². The Labute approximate surface area is 208 Å². The quantitative estimate of drug-likeness (QED) is 0.279. The normalized spacial score (nSPS) is 11.6. The molecule has 0 saturated carbocycles. The summed E-state index contributed by atoms with van der Waals surface area (Å²) in [6, 6.07) is 14.9. The maximum absolute atomic E-state index is 12.8. The predicted molar refractivity (Wildman–Crippen MR) is 132 cm³/mol. The Hall–Kier alpha value is -3.07. The molecule has 11 heteroatoms. The van der Waals surface area contributed by atoms with Crippen molar-refractivity contribution >= 4 is 7.60 Å². The SMILES string of the molecule is CCOP(=O)(CCc1cccc(Cn2nc(-c3ccc(OC)c(OC(F)F)c3)ccc2=O)c1)OCC. The van der Waals surface area contributed by atoms with Crippen LogP contribution < -0.4 is 15.0 Å². The Kier molecular flexibility index (Phi) is 9.75. The van der Waals surface area contributed by atoms with Gasteiger partial charge < -0.3 is 18.5 Å². The van der Waals surface area contributed by atoms with Crippen molar-refractivity contribution in [1.82, 2.24) is 9.78 Å². The zero-order valence-corrected chi connectivity index (χ0v) is 21.3. The summed E-state index contributed by atoms with van der Waals surface area (Å²) in [5.41, 5.74) is 2.30. The van der Waals surface area contributed by atoms with E-state index in [-0.39, 0.29) is 29.8 Å². The summed E-state index contributed by atoms with van der Waals surface area (Å²) in [6.07, 6.45) is 0.721. The summed E-state index contributed by atoms with van der Waals surface area (Å²) < 4.78 is 59.9. The zero-order chi connectivity index (χ0) is 26.1. The maximum Gasteiger partial charge on any atom is 0.387 e. The van der Waals surface area contributed by atoms with Crippen LogP contribution in [0.3, 0.4) is 0 Å². The van der Waals surface area contributed by atoms with Gasteiger partial charge >= 0.3 is 14.2 Å². The summed E-state index contributed by atoms with van der Waals surface area (Å²) >= 11 is 0. The van der Waals surface area contributed by atoms with Crippen LogP contribution in [0.5, 0.6) is 11.5 Å². The van der Waals surface area contributed by atoms with Gasteiger partial charge in [0.05, 0.1) is 38.7 Å². The van der Waals surface area contributed by atoms with E-state index in [1.165, 1.54) is 36.1 Å². The van der Waals surface area contributed by atoms with Gasteiger partial charge in [-0.3, -0.25) is 9.36 Å². The van der Waals surface area contributed by atoms with Gasteiger partial charge in [-0.15, -0.1) is 0 Å². The van der Waals surface area contributed by atoms with E-state index in [9.17, 15) is 18.1 Å². The molecule has 0 aliphatic rings. The number of aryl methyl sites for hydroxylation is 1. The van der Waals surface area contributed by atoms with Gasteiger partial charge in [0, 0.05) is 11.6 Å². The second kappa shape index (κ2) is 12.8. The third-order valence-corrected chi connectivity index (χ3v) is 7.27. The number of halogens is 2. The minimum atomic E-state index is -3.17. The summed E-state index contributed by atoms with van der Waals surface area (Å²) in [4.78, 5) is 12.5. The molecule has 0 spiro atoms. The lowest BCUT2D eigenvalue weighted by atomic mass is 10.1. The van der Waals surface area contributed by atoms with E-state index in [1.807, 2.05) is 24.3 Å². The number of methoxy groups -OCH3 is 1. The Morgan fingerprint density at radius 1 is 0.972 bits per heavy atom. The van der Waals surface area contributed by atoms with Crippen LogP contribution in [0.1, 0.15) is 25.0 Å². The first kappa shape index (κ1) is 27.5. The van der Waals surface area contributed by atoms with E-state index in [4.69, 9.17) is 13.8 Å². The van der Waals surface area contributed by atoms with Gasteiger partial charge in [-0.2, -0.15) is 13.9 Å². The highest BCUT2D eigenvalue weighted by molar-refractivity contribution is 7.53. The van der Waals surface area contributed by atoms with Crippen molar-refractivity contribution < 1.29 is 31.9 Å². The second-order valence-electron chi connectivity index (χ2n) is 7.70. The van der Waals surface area contributed by atoms with Crippen LogP contribution >= 0.6 is 7.60 Å². The molecule has 0 amide bonds. The molecule has 0 saturated heterocycles. The Morgan fingerprint density at radius 3 is 2.36 bits per heavy atom. The van der Waals surface area contributed by atoms with Gasteiger partial charge in [-0.05, 0) is 55.7 Å². The molecule has 0 atom stereocenters. The molecule has 0 unspecified atom stereocenters. The Bertz CT molecular complexity index is 1260. The molecule has 0 radical (unpaired) electrons. The lowest BCUT2D eigenvalue weighted by molar-refractivity contribution is -0.0511. The number of benzene rings is 2. The maximum atomic E-state index is 12.8. The first-order valence-electron chi connectivity index (χ1n) is 11.4. The van der Waals surface area contributed by atoms with E-state index in [0.29, 0.717) is 30.9 Å². The van der Waals surface area contributed by atoms with Crippen molar-refractivity contribution in [2.75, 3.05) is 26.5 Å². The molecule has 1 aromatic heterocycles. The number of alkyl halides is 2. The molecule has 1 heterocycles. The minimum absolute atomic E-state index is 0.131. The molecule has 3 rings (SSSR count). The van der Waals surface area contributed by atoms with E-state index in [2.05, 4.69) is 9.84 Å². The topological polar surface area (TPSA) is 88.9 Å². The van der Waals surface area contributed by atoms with Crippen molar-refractivity contribution in [3.8, 4) is 22.8 Å². The molecule has 0 N–H and O–H groups in total. The standard InChI is InChI=1S/C25H29F2N2O6P/c1-4-33-36(31,34-5-2)14-13-18-7-6-8-19(15-18)17-29-24(30)12-10-21(28-29)20-9-11-22(32-3)23(16-20)35-25(26)27/h6-12,15-16,25H,4-5,13-14,17H2,1-3H3. The van der Waals surface area contributed by atoms with Crippen LogP contribution in [0, 0.1) is 0 Å². The fraction of sp³-hybridized carbons (Fsp3) is 0.360. The Balaban J connectivity index is 1.81. The molecule has 194 valence electrons. The number of ether oxygens (including phenoxy) is 2. The van der Waals surface area contributed by atoms with E-state index in [1.54, 1.807) is 19.9 Å². The first-order chi connectivity index (χ1) is 17.3. The fourth-order valence-corrected chi connectivity index (χ4v) is 5.27. The molecular weight excluding hydrogens is 493 g/mol. The van der Waals surface area contributed by atoms with Crippen molar-refractivity contribution in [3.63, 3.8) is 0 Å². The molecule has 0 fully saturated rings. The first-order valence-corrected chi connectivity index (χ1v) is 13.2. The van der Waals surface area contributed by atoms with E-state index in [0.717, 1.165) is 11.1 Å². The fourth-order valence-electron chi connectivity index (χ4n) is 3.62. The molecule has 0 aliphatic carbocycles. The monoisotopic (exact) mass is 522 g/mol. The van der Waals surface area contributed by atoms with Crippen molar-refractivity contribution in [2.24, 2.45) is 0 Å². The van der Waals surface area contributed by atoms with Gasteiger partial charge in [0.25, 0.3) is 5.56 Å². The average molecular weight is 522 g/mol. The summed E-state index contributed by atoms with van der Waals surface area (Å²) in [7, 11) is -1.81. The number of rotatable bonds is 13. The van der Waals surface area contributed by atoms with Gasteiger partial charge in [0.1, 0.15) is 0 Å². The Morgan fingerprint density at radius 2 is 1.69 bits per heavy atom. The van der Waals surface area contributed by atoms with Crippen LogP contribution in [-0.4, -0.2) is 42.9 Å². The summed E-state index contributed by atoms with van der Waals surface area (Å²) in [5, 5.41) is 4.41. The van der Waals surface area contributed by atoms with Crippen LogP contribution in [0.4, 0.5) is 8.78 Å². The third-order valence-electron chi connectivity index (χ3n) is 5.19. The van der Waals surface area contributed by atoms with Crippen LogP contribution in [-0.2, 0) is 26.6 Å². The lowest BCUT2D eigenvalue weighted by Gasteiger charge is -2.17. The van der Waals surface area contributed by atoms with Gasteiger partial charge in [-0.1, -0.05) is 24.3 Å². The van der Waals surface area contributed by atoms with E-state index >= 15 is 0 Å². The molecule has 3 aromatic rings. The lowest BCUT2D eigenvalue weighted by Crippen LogP contribution is -2.22. The molecule has 0 bridgehead atoms. The number of hydrogen-bond donors (Lipinski definition) is 0. The minimum Gasteiger partial charge on any atom is -0.493 e. The van der Waals surface area contributed by atoms with Crippen LogP contribution in [0.15, 0.2) is 59.4 Å². The van der Waals surface area contributed by atoms with Crippen molar-refractivity contribution in [1.29, 1.82) is 0 Å². The summed E-state index contributed by atoms with van der Waals surface area (Å²) in [6.45, 7) is 1.30. The van der Waals surface area contributed by atoms with Crippen molar-refractivity contribution in [2.45, 2.75) is 33.4 Å². The van der Waals surface area contributed by atoms with Gasteiger partial charge in [-0.25, -0.2) is 4.68 Å². The number of nitrogens with zero attached hydrogens (tertiary/aromatic N) is 2. The summed E-state index contributed by atoms with van der Waals surface area (Å²) in [5.74, 6) is 0.0241. The highest BCUT2D eigenvalue weighted by atomic mass is 31.2. The predicted octanol–water partition coefficient (Wildman–Crippen LogP) is 5.38. The zero-order valence-electron chi connectivity index (χ0n) is 20.4. The molecule has 8 nitrogen and oxygen atoms in total. The largest absolute Gasteiger partial charge is 0.493 e. The number of hydrogen-bond acceptors (Lipinski definition) is 7. The third kappa shape index (κ3) is 7.46. The van der Waals surface area contributed by atoms with Gasteiger partial charge in [0.15, 0.2) is 11.5 Å². The van der Waals surface area contributed by atoms with E-state index < -0.39 is 14.2 Å². The smallest absolute Gasteiger partial charge is 0.387 e. The molecule has 2 aromatic carbocycles. The highest BCUT2D eigenvalue weighted by Crippen LogP contribution is 2.48. The van der Waals surface area contributed by atoms with Crippen LogP contribution in [0.25, 0.3) is 11.3 Å². The molecular formula is C25H29F2N2O6P. The van der Waals surface area contributed by atoms with Crippen molar-refractivity contribution in [3.05, 3.63) is 76.1 Å².